The fourth-order valence-electron chi connectivity index (χ4n) is 1.48. The van der Waals surface area contributed by atoms with E-state index in [1.165, 1.54) is 0 Å². The third-order valence-corrected chi connectivity index (χ3v) is 2.40. The lowest BCUT2D eigenvalue weighted by molar-refractivity contribution is 0.129. The molecule has 0 unspecified atom stereocenters. The van der Waals surface area contributed by atoms with E-state index in [1.54, 1.807) is 0 Å². The standard InChI is InChI=1S/C15H16O3/c1-12(11-16)17-14-7-9-15(10-8-14)18-13-5-3-2-4-6-13/h2-10,12,16H,11H2,1H3/t12-/m0/s1. The van der Waals surface area contributed by atoms with E-state index in [0.717, 1.165) is 17.2 Å². The summed E-state index contributed by atoms with van der Waals surface area (Å²) in [5.41, 5.74) is 0. The predicted octanol–water partition coefficient (Wildman–Crippen LogP) is 3.24. The number of hydrogen-bond acceptors (Lipinski definition) is 3. The van der Waals surface area contributed by atoms with Crippen molar-refractivity contribution in [3.05, 3.63) is 54.6 Å². The molecule has 0 bridgehead atoms. The first kappa shape index (κ1) is 12.5. The summed E-state index contributed by atoms with van der Waals surface area (Å²) in [6.07, 6.45) is -0.203. The predicted molar refractivity (Wildman–Crippen MR) is 70.1 cm³/mol. The topological polar surface area (TPSA) is 38.7 Å². The molecule has 1 atom stereocenters. The largest absolute Gasteiger partial charge is 0.488 e. The molecule has 0 amide bonds. The van der Waals surface area contributed by atoms with E-state index >= 15 is 0 Å². The van der Waals surface area contributed by atoms with Crippen molar-refractivity contribution in [1.29, 1.82) is 0 Å². The molecule has 94 valence electrons. The lowest BCUT2D eigenvalue weighted by atomic mass is 10.3. The Labute approximate surface area is 107 Å². The minimum absolute atomic E-state index is 0.00225. The summed E-state index contributed by atoms with van der Waals surface area (Å²) in [5.74, 6) is 2.28. The minimum atomic E-state index is -0.203. The summed E-state index contributed by atoms with van der Waals surface area (Å²) in [5, 5.41) is 8.90. The van der Waals surface area contributed by atoms with Gasteiger partial charge in [0.2, 0.25) is 0 Å². The first-order valence-corrected chi connectivity index (χ1v) is 5.88. The quantitative estimate of drug-likeness (QED) is 0.877. The molecule has 3 heteroatoms. The van der Waals surface area contributed by atoms with E-state index in [9.17, 15) is 0 Å². The Hall–Kier alpha value is -2.00. The van der Waals surface area contributed by atoms with Crippen molar-refractivity contribution in [2.45, 2.75) is 13.0 Å². The van der Waals surface area contributed by atoms with Gasteiger partial charge in [-0.05, 0) is 43.3 Å². The van der Waals surface area contributed by atoms with Crippen LogP contribution in [0.1, 0.15) is 6.92 Å². The van der Waals surface area contributed by atoms with Gasteiger partial charge < -0.3 is 14.6 Å². The molecule has 0 saturated carbocycles. The van der Waals surface area contributed by atoms with Crippen LogP contribution in [0.4, 0.5) is 0 Å². The zero-order valence-corrected chi connectivity index (χ0v) is 10.2. The van der Waals surface area contributed by atoms with Crippen molar-refractivity contribution in [2.75, 3.05) is 6.61 Å². The molecule has 0 aliphatic heterocycles. The van der Waals surface area contributed by atoms with Crippen molar-refractivity contribution in [2.24, 2.45) is 0 Å². The smallest absolute Gasteiger partial charge is 0.127 e. The molecule has 2 aromatic carbocycles. The van der Waals surface area contributed by atoms with E-state index in [4.69, 9.17) is 14.6 Å². The molecule has 0 saturated heterocycles. The summed E-state index contributed by atoms with van der Waals surface area (Å²) in [6.45, 7) is 1.82. The monoisotopic (exact) mass is 244 g/mol. The van der Waals surface area contributed by atoms with Gasteiger partial charge in [-0.25, -0.2) is 0 Å². The zero-order chi connectivity index (χ0) is 12.8. The third kappa shape index (κ3) is 3.50. The molecule has 2 aromatic rings. The Morgan fingerprint density at radius 1 is 0.889 bits per heavy atom. The summed E-state index contributed by atoms with van der Waals surface area (Å²) in [4.78, 5) is 0. The second kappa shape index (κ2) is 6.07. The van der Waals surface area contributed by atoms with E-state index in [2.05, 4.69) is 0 Å². The molecule has 3 nitrogen and oxygen atoms in total. The maximum Gasteiger partial charge on any atom is 0.127 e. The number of rotatable bonds is 5. The number of para-hydroxylation sites is 1. The van der Waals surface area contributed by atoms with Crippen LogP contribution in [0.25, 0.3) is 0 Å². The normalized spacial score (nSPS) is 11.9. The molecular formula is C15H16O3. The van der Waals surface area contributed by atoms with Crippen LogP contribution < -0.4 is 9.47 Å². The second-order valence-corrected chi connectivity index (χ2v) is 4.00. The molecule has 0 aliphatic carbocycles. The Bertz CT molecular complexity index is 465. The first-order valence-electron chi connectivity index (χ1n) is 5.88. The van der Waals surface area contributed by atoms with Crippen LogP contribution in [0.5, 0.6) is 17.2 Å². The van der Waals surface area contributed by atoms with E-state index in [1.807, 2.05) is 61.5 Å². The molecule has 0 spiro atoms. The molecule has 0 aliphatic rings. The number of ether oxygens (including phenoxy) is 2. The molecule has 2 rings (SSSR count). The zero-order valence-electron chi connectivity index (χ0n) is 10.2. The maximum absolute atomic E-state index is 8.90. The van der Waals surface area contributed by atoms with Gasteiger partial charge in [0.05, 0.1) is 6.61 Å². The van der Waals surface area contributed by atoms with Crippen LogP contribution in [0.2, 0.25) is 0 Å². The van der Waals surface area contributed by atoms with Crippen LogP contribution in [-0.4, -0.2) is 17.8 Å². The minimum Gasteiger partial charge on any atom is -0.488 e. The summed E-state index contributed by atoms with van der Waals surface area (Å²) >= 11 is 0. The SMILES string of the molecule is C[C@@H](CO)Oc1ccc(Oc2ccccc2)cc1. The molecule has 0 aromatic heterocycles. The number of hydrogen-bond donors (Lipinski definition) is 1. The van der Waals surface area contributed by atoms with Crippen LogP contribution in [0.15, 0.2) is 54.6 Å². The van der Waals surface area contributed by atoms with Gasteiger partial charge in [0.1, 0.15) is 23.4 Å². The second-order valence-electron chi connectivity index (χ2n) is 4.00. The van der Waals surface area contributed by atoms with Crippen molar-refractivity contribution in [1.82, 2.24) is 0 Å². The van der Waals surface area contributed by atoms with Gasteiger partial charge in [0.25, 0.3) is 0 Å². The van der Waals surface area contributed by atoms with Crippen LogP contribution in [-0.2, 0) is 0 Å². The highest BCUT2D eigenvalue weighted by Crippen LogP contribution is 2.23. The molecule has 18 heavy (non-hydrogen) atoms. The van der Waals surface area contributed by atoms with Gasteiger partial charge >= 0.3 is 0 Å². The fraction of sp³-hybridized carbons (Fsp3) is 0.200. The van der Waals surface area contributed by atoms with Crippen molar-refractivity contribution in [3.63, 3.8) is 0 Å². The van der Waals surface area contributed by atoms with Crippen molar-refractivity contribution < 1.29 is 14.6 Å². The summed E-state index contributed by atoms with van der Waals surface area (Å²) in [6, 6.07) is 16.9. The number of aliphatic hydroxyl groups excluding tert-OH is 1. The number of aliphatic hydroxyl groups is 1. The third-order valence-electron chi connectivity index (χ3n) is 2.40. The Morgan fingerprint density at radius 2 is 1.44 bits per heavy atom. The van der Waals surface area contributed by atoms with E-state index < -0.39 is 0 Å². The Kier molecular flexibility index (Phi) is 4.20. The van der Waals surface area contributed by atoms with Crippen LogP contribution >= 0.6 is 0 Å². The molecule has 0 heterocycles. The Balaban J connectivity index is 2.00. The maximum atomic E-state index is 8.90. The van der Waals surface area contributed by atoms with Gasteiger partial charge in [-0.15, -0.1) is 0 Å². The van der Waals surface area contributed by atoms with Crippen LogP contribution in [0.3, 0.4) is 0 Å². The number of benzene rings is 2. The lowest BCUT2D eigenvalue weighted by Gasteiger charge is -2.12. The van der Waals surface area contributed by atoms with Gasteiger partial charge in [-0.2, -0.15) is 0 Å². The fourth-order valence-corrected chi connectivity index (χ4v) is 1.48. The highest BCUT2D eigenvalue weighted by Gasteiger charge is 2.02. The average Bonchev–Trinajstić information content (AvgIpc) is 2.42. The average molecular weight is 244 g/mol. The lowest BCUT2D eigenvalue weighted by Crippen LogP contribution is -2.15. The Morgan fingerprint density at radius 3 is 2.06 bits per heavy atom. The molecule has 0 radical (unpaired) electrons. The highest BCUT2D eigenvalue weighted by atomic mass is 16.5. The first-order chi connectivity index (χ1) is 8.78. The molecule has 1 N–H and O–H groups in total. The molecular weight excluding hydrogens is 228 g/mol. The van der Waals surface area contributed by atoms with Gasteiger partial charge in [-0.1, -0.05) is 18.2 Å². The van der Waals surface area contributed by atoms with Gasteiger partial charge in [0, 0.05) is 0 Å². The van der Waals surface area contributed by atoms with Crippen LogP contribution in [0, 0.1) is 0 Å². The van der Waals surface area contributed by atoms with E-state index in [-0.39, 0.29) is 12.7 Å². The van der Waals surface area contributed by atoms with E-state index in [0.29, 0.717) is 0 Å². The molecule has 0 fully saturated rings. The van der Waals surface area contributed by atoms with Crippen molar-refractivity contribution in [3.8, 4) is 17.2 Å². The summed E-state index contributed by atoms with van der Waals surface area (Å²) < 4.78 is 11.1. The van der Waals surface area contributed by atoms with Crippen molar-refractivity contribution >= 4 is 0 Å². The highest BCUT2D eigenvalue weighted by molar-refractivity contribution is 5.35. The van der Waals surface area contributed by atoms with Gasteiger partial charge in [0.15, 0.2) is 0 Å². The van der Waals surface area contributed by atoms with Gasteiger partial charge in [-0.3, -0.25) is 0 Å². The summed E-state index contributed by atoms with van der Waals surface area (Å²) in [7, 11) is 0.